The van der Waals surface area contributed by atoms with Gasteiger partial charge in [-0.25, -0.2) is 4.98 Å². The number of nitrogens with zero attached hydrogens (tertiary/aromatic N) is 4. The second-order valence-electron chi connectivity index (χ2n) is 4.29. The molecule has 1 fully saturated rings. The van der Waals surface area contributed by atoms with Gasteiger partial charge in [-0.05, 0) is 6.07 Å². The molecule has 0 atom stereocenters. The van der Waals surface area contributed by atoms with Gasteiger partial charge >= 0.3 is 5.97 Å². The topological polar surface area (TPSA) is 99.8 Å². The van der Waals surface area contributed by atoms with Gasteiger partial charge in [0.15, 0.2) is 0 Å². The Kier molecular flexibility index (Phi) is 3.91. The number of pyridine rings is 1. The summed E-state index contributed by atoms with van der Waals surface area (Å²) in [6.07, 6.45) is 1.24. The van der Waals surface area contributed by atoms with Crippen molar-refractivity contribution in [2.45, 2.75) is 0 Å². The van der Waals surface area contributed by atoms with Crippen LogP contribution in [0.25, 0.3) is 0 Å². The molecule has 0 aliphatic carbocycles. The first-order chi connectivity index (χ1) is 9.06. The summed E-state index contributed by atoms with van der Waals surface area (Å²) in [7, 11) is 0. The molecule has 1 N–H and O–H groups in total. The largest absolute Gasteiger partial charge is 0.480 e. The lowest BCUT2D eigenvalue weighted by atomic mass is 10.3. The Bertz CT molecular complexity index is 468. The van der Waals surface area contributed by atoms with Gasteiger partial charge in [-0.15, -0.1) is 0 Å². The van der Waals surface area contributed by atoms with Crippen molar-refractivity contribution < 1.29 is 14.8 Å². The average Bonchev–Trinajstić information content (AvgIpc) is 2.39. The molecule has 1 aliphatic rings. The molecule has 8 heteroatoms. The predicted octanol–water partition coefficient (Wildman–Crippen LogP) is 0.196. The number of aromatic nitrogens is 1. The van der Waals surface area contributed by atoms with Crippen LogP contribution >= 0.6 is 0 Å². The first kappa shape index (κ1) is 13.2. The van der Waals surface area contributed by atoms with Crippen LogP contribution in [0.5, 0.6) is 0 Å². The third kappa shape index (κ3) is 3.38. The van der Waals surface area contributed by atoms with Crippen LogP contribution in [0.4, 0.5) is 11.5 Å². The highest BCUT2D eigenvalue weighted by atomic mass is 16.6. The lowest BCUT2D eigenvalue weighted by molar-refractivity contribution is -0.385. The zero-order valence-corrected chi connectivity index (χ0v) is 10.2. The SMILES string of the molecule is O=C(O)CN1CCN(c2ccc([N+](=O)[O-])cn2)CC1. The maximum Gasteiger partial charge on any atom is 0.317 e. The Balaban J connectivity index is 1.94. The zero-order valence-electron chi connectivity index (χ0n) is 10.2. The van der Waals surface area contributed by atoms with Crippen LogP contribution in [0.1, 0.15) is 0 Å². The number of hydrogen-bond acceptors (Lipinski definition) is 6. The molecular formula is C11H14N4O4. The van der Waals surface area contributed by atoms with Gasteiger partial charge in [0.2, 0.25) is 0 Å². The van der Waals surface area contributed by atoms with E-state index < -0.39 is 10.9 Å². The summed E-state index contributed by atoms with van der Waals surface area (Å²) in [4.78, 5) is 28.5. The molecule has 0 saturated carbocycles. The van der Waals surface area contributed by atoms with Crippen molar-refractivity contribution in [3.63, 3.8) is 0 Å². The van der Waals surface area contributed by atoms with Gasteiger partial charge < -0.3 is 10.0 Å². The molecule has 1 aliphatic heterocycles. The van der Waals surface area contributed by atoms with Crippen LogP contribution in [-0.4, -0.2) is 58.6 Å². The van der Waals surface area contributed by atoms with Crippen LogP contribution in [0.2, 0.25) is 0 Å². The van der Waals surface area contributed by atoms with E-state index in [9.17, 15) is 14.9 Å². The van der Waals surface area contributed by atoms with Crippen molar-refractivity contribution in [1.82, 2.24) is 9.88 Å². The third-order valence-electron chi connectivity index (χ3n) is 3.00. The summed E-state index contributed by atoms with van der Waals surface area (Å²) in [6.45, 7) is 2.66. The van der Waals surface area contributed by atoms with E-state index in [2.05, 4.69) is 4.98 Å². The molecular weight excluding hydrogens is 252 g/mol. The Labute approximate surface area is 109 Å². The molecule has 0 aromatic carbocycles. The number of carboxylic acid groups (broad SMARTS) is 1. The van der Waals surface area contributed by atoms with Gasteiger partial charge in [-0.2, -0.15) is 0 Å². The fourth-order valence-corrected chi connectivity index (χ4v) is 2.00. The highest BCUT2D eigenvalue weighted by Crippen LogP contribution is 2.17. The fourth-order valence-electron chi connectivity index (χ4n) is 2.00. The lowest BCUT2D eigenvalue weighted by Crippen LogP contribution is -2.48. The van der Waals surface area contributed by atoms with Gasteiger partial charge in [0.1, 0.15) is 12.0 Å². The van der Waals surface area contributed by atoms with Gasteiger partial charge in [0.05, 0.1) is 11.5 Å². The summed E-state index contributed by atoms with van der Waals surface area (Å²) >= 11 is 0. The van der Waals surface area contributed by atoms with E-state index in [1.165, 1.54) is 12.3 Å². The summed E-state index contributed by atoms with van der Waals surface area (Å²) in [6, 6.07) is 3.04. The van der Waals surface area contributed by atoms with Gasteiger partial charge in [-0.1, -0.05) is 0 Å². The molecule has 1 aromatic heterocycles. The van der Waals surface area contributed by atoms with E-state index in [0.717, 1.165) is 0 Å². The van der Waals surface area contributed by atoms with Gasteiger partial charge in [0.25, 0.3) is 5.69 Å². The molecule has 102 valence electrons. The zero-order chi connectivity index (χ0) is 13.8. The smallest absolute Gasteiger partial charge is 0.317 e. The summed E-state index contributed by atoms with van der Waals surface area (Å²) < 4.78 is 0. The average molecular weight is 266 g/mol. The normalized spacial score (nSPS) is 16.3. The van der Waals surface area contributed by atoms with Gasteiger partial charge in [0, 0.05) is 32.2 Å². The quantitative estimate of drug-likeness (QED) is 0.613. The Hall–Kier alpha value is -2.22. The summed E-state index contributed by atoms with van der Waals surface area (Å²) in [5.41, 5.74) is -0.0340. The fraction of sp³-hybridized carbons (Fsp3) is 0.455. The number of anilines is 1. The molecule has 2 heterocycles. The van der Waals surface area contributed by atoms with Crippen molar-refractivity contribution in [3.8, 4) is 0 Å². The number of carbonyl (C=O) groups is 1. The van der Waals surface area contributed by atoms with E-state index >= 15 is 0 Å². The Morgan fingerprint density at radius 3 is 2.53 bits per heavy atom. The standard InChI is InChI=1S/C11H14N4O4/c16-11(17)8-13-3-5-14(6-4-13)10-2-1-9(7-12-10)15(18)19/h1-2,7H,3-6,8H2,(H,16,17). The maximum atomic E-state index is 10.6. The van der Waals surface area contributed by atoms with Crippen LogP contribution in [-0.2, 0) is 4.79 Å². The minimum absolute atomic E-state index is 0.0340. The van der Waals surface area contributed by atoms with Crippen molar-refractivity contribution in [3.05, 3.63) is 28.4 Å². The molecule has 2 rings (SSSR count). The first-order valence-electron chi connectivity index (χ1n) is 5.86. The maximum absolute atomic E-state index is 10.6. The van der Waals surface area contributed by atoms with Gasteiger partial charge in [-0.3, -0.25) is 19.8 Å². The molecule has 19 heavy (non-hydrogen) atoms. The number of aliphatic carboxylic acids is 1. The molecule has 8 nitrogen and oxygen atoms in total. The van der Waals surface area contributed by atoms with Crippen molar-refractivity contribution in [1.29, 1.82) is 0 Å². The van der Waals surface area contributed by atoms with E-state index in [0.29, 0.717) is 32.0 Å². The Morgan fingerprint density at radius 1 is 1.37 bits per heavy atom. The monoisotopic (exact) mass is 266 g/mol. The van der Waals surface area contributed by atoms with Crippen LogP contribution in [0.15, 0.2) is 18.3 Å². The molecule has 0 unspecified atom stereocenters. The minimum Gasteiger partial charge on any atom is -0.480 e. The first-order valence-corrected chi connectivity index (χ1v) is 5.86. The lowest BCUT2D eigenvalue weighted by Gasteiger charge is -2.34. The van der Waals surface area contributed by atoms with E-state index in [4.69, 9.17) is 5.11 Å². The molecule has 1 aromatic rings. The van der Waals surface area contributed by atoms with Crippen molar-refractivity contribution in [2.24, 2.45) is 0 Å². The number of nitro groups is 1. The molecule has 0 spiro atoms. The second-order valence-corrected chi connectivity index (χ2v) is 4.29. The predicted molar refractivity (Wildman–Crippen MR) is 67.2 cm³/mol. The number of carboxylic acids is 1. The van der Waals surface area contributed by atoms with Crippen molar-refractivity contribution in [2.75, 3.05) is 37.6 Å². The molecule has 0 radical (unpaired) electrons. The van der Waals surface area contributed by atoms with Crippen molar-refractivity contribution >= 4 is 17.5 Å². The Morgan fingerprint density at radius 2 is 2.05 bits per heavy atom. The van der Waals surface area contributed by atoms with Crippen LogP contribution in [0.3, 0.4) is 0 Å². The highest BCUT2D eigenvalue weighted by Gasteiger charge is 2.20. The van der Waals surface area contributed by atoms with Crippen LogP contribution in [0, 0.1) is 10.1 Å². The number of piperazine rings is 1. The van der Waals surface area contributed by atoms with Crippen LogP contribution < -0.4 is 4.90 Å². The minimum atomic E-state index is -0.832. The number of hydrogen-bond donors (Lipinski definition) is 1. The third-order valence-corrected chi connectivity index (χ3v) is 3.00. The summed E-state index contributed by atoms with van der Waals surface area (Å²) in [5, 5.41) is 19.2. The van der Waals surface area contributed by atoms with E-state index in [-0.39, 0.29) is 12.2 Å². The second kappa shape index (κ2) is 5.61. The molecule has 0 amide bonds. The highest BCUT2D eigenvalue weighted by molar-refractivity contribution is 5.69. The summed E-state index contributed by atoms with van der Waals surface area (Å²) in [5.74, 6) is -0.150. The van der Waals surface area contributed by atoms with E-state index in [1.54, 1.807) is 6.07 Å². The van der Waals surface area contributed by atoms with E-state index in [1.807, 2.05) is 9.80 Å². The molecule has 1 saturated heterocycles. The number of rotatable bonds is 4. The molecule has 0 bridgehead atoms.